The molecule has 0 heterocycles. The Morgan fingerprint density at radius 3 is 2.21 bits per heavy atom. The Hall–Kier alpha value is -1.27. The van der Waals surface area contributed by atoms with Gasteiger partial charge in [0, 0.05) is 12.6 Å². The molecule has 0 spiro atoms. The van der Waals surface area contributed by atoms with Crippen molar-refractivity contribution in [3.05, 3.63) is 18.2 Å². The number of benzene rings is 1. The molecule has 0 saturated carbocycles. The number of sulfonamides is 1. The van der Waals surface area contributed by atoms with Crippen LogP contribution in [0.15, 0.2) is 23.1 Å². The van der Waals surface area contributed by atoms with Gasteiger partial charge in [0.05, 0.1) is 16.3 Å². The summed E-state index contributed by atoms with van der Waals surface area (Å²) in [7, 11) is -3.71. The molecule has 0 bridgehead atoms. The predicted molar refractivity (Wildman–Crippen MR) is 79.5 cm³/mol. The van der Waals surface area contributed by atoms with Crippen molar-refractivity contribution in [2.24, 2.45) is 11.1 Å². The number of nitrogens with two attached hydrogens (primary N) is 2. The zero-order chi connectivity index (χ0) is 14.8. The van der Waals surface area contributed by atoms with Gasteiger partial charge in [-0.3, -0.25) is 0 Å². The first-order valence-electron chi connectivity index (χ1n) is 6.32. The fraction of sp³-hybridized carbons (Fsp3) is 0.538. The molecule has 0 aromatic heterocycles. The summed E-state index contributed by atoms with van der Waals surface area (Å²) in [5, 5.41) is 5.17. The van der Waals surface area contributed by atoms with Gasteiger partial charge >= 0.3 is 0 Å². The van der Waals surface area contributed by atoms with Crippen molar-refractivity contribution in [1.82, 2.24) is 0 Å². The topological polar surface area (TPSA) is 89.4 Å². The Kier molecular flexibility index (Phi) is 4.81. The summed E-state index contributed by atoms with van der Waals surface area (Å²) in [4.78, 5) is 2.18. The molecule has 6 heteroatoms. The van der Waals surface area contributed by atoms with Crippen LogP contribution < -0.4 is 15.8 Å². The van der Waals surface area contributed by atoms with Crippen LogP contribution in [0.1, 0.15) is 27.7 Å². The van der Waals surface area contributed by atoms with E-state index >= 15 is 0 Å². The molecule has 1 aromatic rings. The van der Waals surface area contributed by atoms with Gasteiger partial charge in [0.15, 0.2) is 0 Å². The molecule has 0 fully saturated rings. The maximum absolute atomic E-state index is 11.4. The van der Waals surface area contributed by atoms with E-state index < -0.39 is 10.0 Å². The number of nitrogen functional groups attached to an aromatic ring is 1. The van der Waals surface area contributed by atoms with E-state index in [0.717, 1.165) is 12.2 Å². The lowest BCUT2D eigenvalue weighted by molar-refractivity contribution is 0.571. The second-order valence-electron chi connectivity index (χ2n) is 5.41. The lowest BCUT2D eigenvalue weighted by atomic mass is 10.1. The van der Waals surface area contributed by atoms with Gasteiger partial charge in [-0.1, -0.05) is 13.8 Å². The molecule has 0 amide bonds. The van der Waals surface area contributed by atoms with Gasteiger partial charge in [0.25, 0.3) is 0 Å². The second kappa shape index (κ2) is 5.79. The zero-order valence-corrected chi connectivity index (χ0v) is 12.7. The Balaban J connectivity index is 3.30. The van der Waals surface area contributed by atoms with Crippen molar-refractivity contribution >= 4 is 21.4 Å². The van der Waals surface area contributed by atoms with Gasteiger partial charge in [0.1, 0.15) is 0 Å². The molecule has 4 N–H and O–H groups in total. The molecule has 108 valence electrons. The molecule has 0 unspecified atom stereocenters. The van der Waals surface area contributed by atoms with Crippen molar-refractivity contribution in [2.45, 2.75) is 38.6 Å². The van der Waals surface area contributed by atoms with Crippen molar-refractivity contribution in [1.29, 1.82) is 0 Å². The summed E-state index contributed by atoms with van der Waals surface area (Å²) in [5.74, 6) is 0.444. The van der Waals surface area contributed by atoms with Gasteiger partial charge in [-0.2, -0.15) is 0 Å². The van der Waals surface area contributed by atoms with E-state index in [-0.39, 0.29) is 10.9 Å². The van der Waals surface area contributed by atoms with Gasteiger partial charge < -0.3 is 10.6 Å². The SMILES string of the molecule is CC(C)CN(c1cc(S(N)(=O)=O)ccc1N)C(C)C. The highest BCUT2D eigenvalue weighted by molar-refractivity contribution is 7.89. The highest BCUT2D eigenvalue weighted by Crippen LogP contribution is 2.28. The maximum Gasteiger partial charge on any atom is 0.238 e. The summed E-state index contributed by atoms with van der Waals surface area (Å²) in [6.07, 6.45) is 0. The summed E-state index contributed by atoms with van der Waals surface area (Å²) >= 11 is 0. The van der Waals surface area contributed by atoms with Gasteiger partial charge in [-0.15, -0.1) is 0 Å². The van der Waals surface area contributed by atoms with E-state index in [1.165, 1.54) is 6.07 Å². The maximum atomic E-state index is 11.4. The van der Waals surface area contributed by atoms with Gasteiger partial charge in [-0.25, -0.2) is 13.6 Å². The number of hydrogen-bond acceptors (Lipinski definition) is 4. The largest absolute Gasteiger partial charge is 0.397 e. The molecule has 1 aromatic carbocycles. The molecule has 0 radical (unpaired) electrons. The molecule has 0 saturated heterocycles. The van der Waals surface area contributed by atoms with Crippen LogP contribution in [0.5, 0.6) is 0 Å². The van der Waals surface area contributed by atoms with Crippen LogP contribution in [0, 0.1) is 5.92 Å². The first-order chi connectivity index (χ1) is 8.62. The van der Waals surface area contributed by atoms with E-state index in [1.807, 2.05) is 13.8 Å². The van der Waals surface area contributed by atoms with Crippen molar-refractivity contribution in [3.63, 3.8) is 0 Å². The highest BCUT2D eigenvalue weighted by Gasteiger charge is 2.18. The number of hydrogen-bond donors (Lipinski definition) is 2. The number of rotatable bonds is 5. The molecule has 5 nitrogen and oxygen atoms in total. The second-order valence-corrected chi connectivity index (χ2v) is 6.97. The van der Waals surface area contributed by atoms with Crippen LogP contribution >= 0.6 is 0 Å². The first-order valence-corrected chi connectivity index (χ1v) is 7.86. The summed E-state index contributed by atoms with van der Waals surface area (Å²) in [6, 6.07) is 4.79. The minimum Gasteiger partial charge on any atom is -0.397 e. The van der Waals surface area contributed by atoms with Crippen LogP contribution in [0.25, 0.3) is 0 Å². The minimum atomic E-state index is -3.71. The van der Waals surface area contributed by atoms with Crippen LogP contribution in [0.2, 0.25) is 0 Å². The van der Waals surface area contributed by atoms with Crippen LogP contribution in [0.4, 0.5) is 11.4 Å². The van der Waals surface area contributed by atoms with Crippen molar-refractivity contribution in [3.8, 4) is 0 Å². The Morgan fingerprint density at radius 2 is 1.79 bits per heavy atom. The molecule has 0 aliphatic carbocycles. The van der Waals surface area contributed by atoms with Crippen LogP contribution in [-0.4, -0.2) is 21.0 Å². The smallest absolute Gasteiger partial charge is 0.238 e. The molecule has 0 aliphatic heterocycles. The highest BCUT2D eigenvalue weighted by atomic mass is 32.2. The van der Waals surface area contributed by atoms with E-state index in [2.05, 4.69) is 18.7 Å². The summed E-state index contributed by atoms with van der Waals surface area (Å²) in [5.41, 5.74) is 7.24. The summed E-state index contributed by atoms with van der Waals surface area (Å²) < 4.78 is 22.9. The van der Waals surface area contributed by atoms with Crippen molar-refractivity contribution < 1.29 is 8.42 Å². The summed E-state index contributed by atoms with van der Waals surface area (Å²) in [6.45, 7) is 9.11. The monoisotopic (exact) mass is 285 g/mol. The van der Waals surface area contributed by atoms with E-state index in [9.17, 15) is 8.42 Å². The normalized spacial score (nSPS) is 12.2. The lowest BCUT2D eigenvalue weighted by Crippen LogP contribution is -2.34. The molecule has 0 aliphatic rings. The van der Waals surface area contributed by atoms with Crippen molar-refractivity contribution in [2.75, 3.05) is 17.2 Å². The Bertz CT molecular complexity index is 539. The Labute approximate surface area is 115 Å². The third-order valence-electron chi connectivity index (χ3n) is 2.83. The third kappa shape index (κ3) is 4.11. The quantitative estimate of drug-likeness (QED) is 0.807. The average Bonchev–Trinajstić information content (AvgIpc) is 2.24. The predicted octanol–water partition coefficient (Wildman–Crippen LogP) is 1.79. The van der Waals surface area contributed by atoms with Crippen LogP contribution in [-0.2, 0) is 10.0 Å². The fourth-order valence-corrected chi connectivity index (χ4v) is 2.46. The lowest BCUT2D eigenvalue weighted by Gasteiger charge is -2.32. The van der Waals surface area contributed by atoms with Crippen LogP contribution in [0.3, 0.4) is 0 Å². The minimum absolute atomic E-state index is 0.0890. The average molecular weight is 285 g/mol. The number of anilines is 2. The molecular formula is C13H23N3O2S. The molecule has 1 rings (SSSR count). The first kappa shape index (κ1) is 15.8. The third-order valence-corrected chi connectivity index (χ3v) is 3.74. The molecule has 0 atom stereocenters. The van der Waals surface area contributed by atoms with Gasteiger partial charge in [-0.05, 0) is 38.0 Å². The number of nitrogens with zero attached hydrogens (tertiary/aromatic N) is 1. The van der Waals surface area contributed by atoms with E-state index in [4.69, 9.17) is 10.9 Å². The Morgan fingerprint density at radius 1 is 1.21 bits per heavy atom. The molecular weight excluding hydrogens is 262 g/mol. The molecule has 19 heavy (non-hydrogen) atoms. The zero-order valence-electron chi connectivity index (χ0n) is 11.9. The number of primary sulfonamides is 1. The standard InChI is InChI=1S/C13H23N3O2S/c1-9(2)8-16(10(3)4)13-7-11(19(15,17)18)5-6-12(13)14/h5-7,9-10H,8,14H2,1-4H3,(H2,15,17,18). The van der Waals surface area contributed by atoms with E-state index in [0.29, 0.717) is 11.6 Å². The van der Waals surface area contributed by atoms with Gasteiger partial charge in [0.2, 0.25) is 10.0 Å². The fourth-order valence-electron chi connectivity index (χ4n) is 1.93. The van der Waals surface area contributed by atoms with E-state index in [1.54, 1.807) is 12.1 Å².